The molecule has 1 aliphatic rings. The summed E-state index contributed by atoms with van der Waals surface area (Å²) in [6.45, 7) is 1.14. The Morgan fingerprint density at radius 3 is 2.65 bits per heavy atom. The third-order valence-corrected chi connectivity index (χ3v) is 3.96. The third-order valence-electron chi connectivity index (χ3n) is 3.18. The van der Waals surface area contributed by atoms with Gasteiger partial charge in [-0.2, -0.15) is 5.26 Å². The van der Waals surface area contributed by atoms with Crippen molar-refractivity contribution >= 4 is 11.8 Å². The highest BCUT2D eigenvalue weighted by atomic mass is 32.2. The molecule has 1 aromatic rings. The van der Waals surface area contributed by atoms with Crippen LogP contribution in [0.15, 0.2) is 17.0 Å². The average molecular weight is 299 g/mol. The van der Waals surface area contributed by atoms with Crippen LogP contribution in [0.5, 0.6) is 5.75 Å². The van der Waals surface area contributed by atoms with Gasteiger partial charge in [0.1, 0.15) is 17.9 Å². The number of alkyl halides is 2. The van der Waals surface area contributed by atoms with Gasteiger partial charge >= 0.3 is 0 Å². The first-order valence-electron chi connectivity index (χ1n) is 6.31. The maximum atomic E-state index is 13.3. The van der Waals surface area contributed by atoms with E-state index in [1.54, 1.807) is 12.3 Å². The molecule has 0 radical (unpaired) electrons. The molecule has 0 aromatic heterocycles. The minimum absolute atomic E-state index is 0.0112. The SMILES string of the molecule is CSc1ccc(OC2CCOCC2)c(C(F)F)c1C#N. The highest BCUT2D eigenvalue weighted by molar-refractivity contribution is 7.98. The number of rotatable bonds is 4. The van der Waals surface area contributed by atoms with Crippen molar-refractivity contribution in [1.82, 2.24) is 0 Å². The average Bonchev–Trinajstić information content (AvgIpc) is 2.47. The van der Waals surface area contributed by atoms with Gasteiger partial charge in [0, 0.05) is 17.7 Å². The van der Waals surface area contributed by atoms with Gasteiger partial charge in [-0.3, -0.25) is 0 Å². The highest BCUT2D eigenvalue weighted by Crippen LogP contribution is 2.37. The normalized spacial score (nSPS) is 16.1. The van der Waals surface area contributed by atoms with Gasteiger partial charge in [0.2, 0.25) is 0 Å². The van der Waals surface area contributed by atoms with Crippen molar-refractivity contribution in [2.45, 2.75) is 30.3 Å². The fourth-order valence-electron chi connectivity index (χ4n) is 2.16. The Morgan fingerprint density at radius 1 is 1.40 bits per heavy atom. The lowest BCUT2D eigenvalue weighted by atomic mass is 10.1. The predicted molar refractivity (Wildman–Crippen MR) is 72.4 cm³/mol. The third kappa shape index (κ3) is 3.22. The molecule has 0 atom stereocenters. The zero-order valence-corrected chi connectivity index (χ0v) is 11.9. The molecule has 0 unspecified atom stereocenters. The van der Waals surface area contributed by atoms with E-state index in [2.05, 4.69) is 0 Å². The molecular weight excluding hydrogens is 284 g/mol. The van der Waals surface area contributed by atoms with E-state index in [9.17, 15) is 8.78 Å². The maximum Gasteiger partial charge on any atom is 0.268 e. The Hall–Kier alpha value is -1.32. The van der Waals surface area contributed by atoms with Crippen LogP contribution in [-0.2, 0) is 4.74 Å². The van der Waals surface area contributed by atoms with Crippen molar-refractivity contribution < 1.29 is 18.3 Å². The van der Waals surface area contributed by atoms with Crippen molar-refractivity contribution in [3.8, 4) is 11.8 Å². The van der Waals surface area contributed by atoms with Crippen LogP contribution in [0, 0.1) is 11.3 Å². The zero-order chi connectivity index (χ0) is 14.5. The first kappa shape index (κ1) is 15.1. The largest absolute Gasteiger partial charge is 0.490 e. The second kappa shape index (κ2) is 6.91. The van der Waals surface area contributed by atoms with E-state index in [1.807, 2.05) is 6.07 Å². The quantitative estimate of drug-likeness (QED) is 0.794. The van der Waals surface area contributed by atoms with Gasteiger partial charge in [0.05, 0.1) is 24.3 Å². The number of benzene rings is 1. The summed E-state index contributed by atoms with van der Waals surface area (Å²) < 4.78 is 37.4. The molecule has 3 nitrogen and oxygen atoms in total. The molecule has 0 N–H and O–H groups in total. The summed E-state index contributed by atoms with van der Waals surface area (Å²) in [5.74, 6) is 0.112. The smallest absolute Gasteiger partial charge is 0.268 e. The second-order valence-electron chi connectivity index (χ2n) is 4.40. The van der Waals surface area contributed by atoms with E-state index < -0.39 is 6.43 Å². The molecule has 1 aliphatic heterocycles. The molecule has 6 heteroatoms. The Labute approximate surface area is 120 Å². The number of hydrogen-bond donors (Lipinski definition) is 0. The Morgan fingerprint density at radius 2 is 2.10 bits per heavy atom. The van der Waals surface area contributed by atoms with Crippen molar-refractivity contribution in [2.24, 2.45) is 0 Å². The molecular formula is C14H15F2NO2S. The van der Waals surface area contributed by atoms with Crippen LogP contribution >= 0.6 is 11.8 Å². The van der Waals surface area contributed by atoms with Crippen LogP contribution < -0.4 is 4.74 Å². The van der Waals surface area contributed by atoms with Crippen LogP contribution in [0.3, 0.4) is 0 Å². The van der Waals surface area contributed by atoms with Gasteiger partial charge in [-0.25, -0.2) is 8.78 Å². The van der Waals surface area contributed by atoms with Crippen molar-refractivity contribution in [1.29, 1.82) is 5.26 Å². The molecule has 0 spiro atoms. The summed E-state index contributed by atoms with van der Waals surface area (Å²) in [5, 5.41) is 9.14. The van der Waals surface area contributed by atoms with E-state index in [0.29, 0.717) is 31.0 Å². The standard InChI is InChI=1S/C14H15F2NO2S/c1-20-12-3-2-11(13(14(15)16)10(12)8-17)19-9-4-6-18-7-5-9/h2-3,9,14H,4-7H2,1H3. The summed E-state index contributed by atoms with van der Waals surface area (Å²) in [6, 6.07) is 5.06. The van der Waals surface area contributed by atoms with Gasteiger partial charge in [-0.05, 0) is 18.4 Å². The molecule has 0 saturated carbocycles. The zero-order valence-electron chi connectivity index (χ0n) is 11.1. The molecule has 20 heavy (non-hydrogen) atoms. The monoisotopic (exact) mass is 299 g/mol. The Bertz CT molecular complexity index is 511. The van der Waals surface area contributed by atoms with E-state index >= 15 is 0 Å². The number of hydrogen-bond acceptors (Lipinski definition) is 4. The first-order chi connectivity index (χ1) is 9.67. The summed E-state index contributed by atoms with van der Waals surface area (Å²) >= 11 is 1.27. The maximum absolute atomic E-state index is 13.3. The lowest BCUT2D eigenvalue weighted by Crippen LogP contribution is -2.26. The van der Waals surface area contributed by atoms with Crippen LogP contribution in [0.25, 0.3) is 0 Å². The number of thioether (sulfide) groups is 1. The van der Waals surface area contributed by atoms with Gasteiger partial charge in [0.25, 0.3) is 6.43 Å². The van der Waals surface area contributed by atoms with Crippen LogP contribution in [0.1, 0.15) is 30.4 Å². The molecule has 0 bridgehead atoms. The topological polar surface area (TPSA) is 42.2 Å². The summed E-state index contributed by atoms with van der Waals surface area (Å²) in [4.78, 5) is 0.544. The molecule has 108 valence electrons. The lowest BCUT2D eigenvalue weighted by Gasteiger charge is -2.25. The molecule has 2 rings (SSSR count). The van der Waals surface area contributed by atoms with Crippen molar-refractivity contribution in [3.63, 3.8) is 0 Å². The molecule has 1 fully saturated rings. The van der Waals surface area contributed by atoms with E-state index in [-0.39, 0.29) is 23.0 Å². The van der Waals surface area contributed by atoms with Crippen molar-refractivity contribution in [3.05, 3.63) is 23.3 Å². The summed E-state index contributed by atoms with van der Waals surface area (Å²) in [5.41, 5.74) is -0.289. The van der Waals surface area contributed by atoms with Crippen molar-refractivity contribution in [2.75, 3.05) is 19.5 Å². The highest BCUT2D eigenvalue weighted by Gasteiger charge is 2.24. The molecule has 1 saturated heterocycles. The Kier molecular flexibility index (Phi) is 5.21. The molecule has 0 aliphatic carbocycles. The molecule has 1 aromatic carbocycles. The van der Waals surface area contributed by atoms with Gasteiger partial charge < -0.3 is 9.47 Å². The van der Waals surface area contributed by atoms with E-state index in [1.165, 1.54) is 17.8 Å². The van der Waals surface area contributed by atoms with Gasteiger partial charge in [-0.15, -0.1) is 11.8 Å². The van der Waals surface area contributed by atoms with Crippen LogP contribution in [0.2, 0.25) is 0 Å². The first-order valence-corrected chi connectivity index (χ1v) is 7.53. The van der Waals surface area contributed by atoms with Crippen LogP contribution in [0.4, 0.5) is 8.78 Å². The minimum atomic E-state index is -2.73. The number of nitrogens with zero attached hydrogens (tertiary/aromatic N) is 1. The Balaban J connectivity index is 2.34. The summed E-state index contributed by atoms with van der Waals surface area (Å²) in [7, 11) is 0. The lowest BCUT2D eigenvalue weighted by molar-refractivity contribution is 0.0235. The number of ether oxygens (including phenoxy) is 2. The van der Waals surface area contributed by atoms with Gasteiger partial charge in [0.15, 0.2) is 0 Å². The minimum Gasteiger partial charge on any atom is -0.490 e. The number of halogens is 2. The second-order valence-corrected chi connectivity index (χ2v) is 5.24. The summed E-state index contributed by atoms with van der Waals surface area (Å²) in [6.07, 6.45) is 0.244. The number of nitriles is 1. The van der Waals surface area contributed by atoms with Gasteiger partial charge in [-0.1, -0.05) is 0 Å². The molecule has 0 amide bonds. The molecule has 1 heterocycles. The predicted octanol–water partition coefficient (Wildman–Crippen LogP) is 3.78. The fourth-order valence-corrected chi connectivity index (χ4v) is 2.72. The van der Waals surface area contributed by atoms with E-state index in [0.717, 1.165) is 0 Å². The van der Waals surface area contributed by atoms with Crippen LogP contribution in [-0.4, -0.2) is 25.6 Å². The fraction of sp³-hybridized carbons (Fsp3) is 0.500. The van der Waals surface area contributed by atoms with E-state index in [4.69, 9.17) is 14.7 Å².